The van der Waals surface area contributed by atoms with Crippen molar-refractivity contribution >= 4 is 36.7 Å². The van der Waals surface area contributed by atoms with E-state index in [2.05, 4.69) is 10.1 Å². The molecular formula is C26H31ClFN4O9PS. The Kier molecular flexibility index (Phi) is 9.96. The Hall–Kier alpha value is -2.91. The van der Waals surface area contributed by atoms with Gasteiger partial charge in [0.15, 0.2) is 11.9 Å². The summed E-state index contributed by atoms with van der Waals surface area (Å²) in [5.41, 5.74) is -2.94. The fourth-order valence-electron chi connectivity index (χ4n) is 4.24. The number of benzene rings is 1. The van der Waals surface area contributed by atoms with Gasteiger partial charge in [0.1, 0.15) is 34.0 Å². The number of H-pyrrole nitrogens is 1. The predicted octanol–water partition coefficient (Wildman–Crippen LogP) is 3.74. The molecule has 17 heteroatoms. The van der Waals surface area contributed by atoms with Crippen LogP contribution in [0.25, 0.3) is 11.3 Å². The number of ether oxygens (including phenoxy) is 2. The number of esters is 1. The Morgan fingerprint density at radius 2 is 1.98 bits per heavy atom. The number of rotatable bonds is 11. The van der Waals surface area contributed by atoms with Gasteiger partial charge < -0.3 is 19.1 Å². The van der Waals surface area contributed by atoms with Crippen LogP contribution < -0.4 is 20.9 Å². The van der Waals surface area contributed by atoms with Crippen LogP contribution in [-0.2, 0) is 23.4 Å². The highest BCUT2D eigenvalue weighted by Gasteiger charge is 2.56. The topological polar surface area (TPSA) is 171 Å². The second-order valence-corrected chi connectivity index (χ2v) is 13.7. The Bertz CT molecular complexity index is 1630. The molecule has 3 N–H and O–H groups in total. The summed E-state index contributed by atoms with van der Waals surface area (Å²) in [5, 5.41) is 14.0. The molecule has 2 unspecified atom stereocenters. The Morgan fingerprint density at radius 3 is 2.56 bits per heavy atom. The maximum absolute atomic E-state index is 15.6. The highest BCUT2D eigenvalue weighted by molar-refractivity contribution is 7.52. The summed E-state index contributed by atoms with van der Waals surface area (Å²) in [4.78, 5) is 42.6. The van der Waals surface area contributed by atoms with E-state index in [9.17, 15) is 24.1 Å². The molecule has 2 aromatic heterocycles. The second kappa shape index (κ2) is 13.0. The van der Waals surface area contributed by atoms with Gasteiger partial charge in [0.2, 0.25) is 0 Å². The average Bonchev–Trinajstić information content (AvgIpc) is 3.37. The van der Waals surface area contributed by atoms with Gasteiger partial charge in [-0.3, -0.25) is 23.7 Å². The van der Waals surface area contributed by atoms with E-state index < -0.39 is 67.8 Å². The molecule has 1 aliphatic rings. The van der Waals surface area contributed by atoms with E-state index in [0.29, 0.717) is 15.6 Å². The molecule has 1 aromatic carbocycles. The number of hydrogen-bond acceptors (Lipinski definition) is 11. The molecule has 234 valence electrons. The number of aryl methyl sites for hydroxylation is 1. The van der Waals surface area contributed by atoms with Crippen LogP contribution in [0.15, 0.2) is 46.1 Å². The molecule has 3 aromatic rings. The number of alkyl halides is 1. The first-order valence-electron chi connectivity index (χ1n) is 13.1. The van der Waals surface area contributed by atoms with Crippen LogP contribution in [0.1, 0.15) is 38.9 Å². The van der Waals surface area contributed by atoms with Crippen LogP contribution in [0.3, 0.4) is 0 Å². The van der Waals surface area contributed by atoms with Crippen LogP contribution in [0, 0.1) is 6.92 Å². The summed E-state index contributed by atoms with van der Waals surface area (Å²) in [5.74, 6) is -0.662. The van der Waals surface area contributed by atoms with E-state index >= 15 is 4.39 Å². The molecule has 43 heavy (non-hydrogen) atoms. The quantitative estimate of drug-likeness (QED) is 0.202. The Labute approximate surface area is 254 Å². The first-order chi connectivity index (χ1) is 20.1. The summed E-state index contributed by atoms with van der Waals surface area (Å²) in [6.07, 6.45) is -4.36. The van der Waals surface area contributed by atoms with Gasteiger partial charge in [-0.1, -0.05) is 11.6 Å². The van der Waals surface area contributed by atoms with E-state index in [4.69, 9.17) is 30.1 Å². The number of halogens is 2. The van der Waals surface area contributed by atoms with Gasteiger partial charge in [-0.15, -0.1) is 11.3 Å². The zero-order chi connectivity index (χ0) is 31.7. The molecule has 13 nitrogen and oxygen atoms in total. The van der Waals surface area contributed by atoms with Crippen molar-refractivity contribution in [3.05, 3.63) is 66.7 Å². The minimum Gasteiger partial charge on any atom is -0.462 e. The van der Waals surface area contributed by atoms with Crippen molar-refractivity contribution in [2.24, 2.45) is 0 Å². The van der Waals surface area contributed by atoms with Crippen LogP contribution in [0.2, 0.25) is 4.34 Å². The van der Waals surface area contributed by atoms with E-state index in [1.807, 2.05) is 11.9 Å². The number of thiazole rings is 1. The lowest BCUT2D eigenvalue weighted by Gasteiger charge is -2.25. The minimum absolute atomic E-state index is 0.0768. The minimum atomic E-state index is -4.44. The van der Waals surface area contributed by atoms with Crippen molar-refractivity contribution in [3.63, 3.8) is 0 Å². The van der Waals surface area contributed by atoms with Gasteiger partial charge >= 0.3 is 19.4 Å². The molecule has 1 saturated heterocycles. The highest BCUT2D eigenvalue weighted by Crippen LogP contribution is 2.48. The number of nitrogens with zero attached hydrogens (tertiary/aromatic N) is 2. The molecule has 0 amide bonds. The molecule has 0 spiro atoms. The number of aromatic nitrogens is 3. The third-order valence-electron chi connectivity index (χ3n) is 6.33. The van der Waals surface area contributed by atoms with Crippen molar-refractivity contribution < 1.29 is 37.4 Å². The normalized spacial score (nSPS) is 24.1. The summed E-state index contributed by atoms with van der Waals surface area (Å²) in [6, 6.07) is 6.09. The fraction of sp³-hybridized carbons (Fsp3) is 0.462. The number of aliphatic hydroxyl groups is 1. The van der Waals surface area contributed by atoms with Crippen molar-refractivity contribution in [1.82, 2.24) is 19.6 Å². The Morgan fingerprint density at radius 1 is 1.30 bits per heavy atom. The number of carbonyl (C=O) groups is 1. The van der Waals surface area contributed by atoms with Crippen molar-refractivity contribution in [2.75, 3.05) is 6.61 Å². The number of hydrogen-bond donors (Lipinski definition) is 3. The molecular weight excluding hydrogens is 630 g/mol. The SMILES string of the molecule is Cc1nc(-c2ccc(OP(=O)(N[C@@H](C)C(=O)OC(C)C)OCC3O[C@@H](n4ccc(=O)[nH]c4=O)[C@](C)(F)[C@@H]3O)cc2)c(Cl)s1. The number of aliphatic hydroxyl groups excluding tert-OH is 1. The maximum Gasteiger partial charge on any atom is 0.459 e. The molecule has 1 fully saturated rings. The largest absolute Gasteiger partial charge is 0.462 e. The second-order valence-electron chi connectivity index (χ2n) is 10.2. The lowest BCUT2D eigenvalue weighted by atomic mass is 9.98. The molecule has 4 rings (SSSR count). The Balaban J connectivity index is 1.55. The smallest absolute Gasteiger partial charge is 0.459 e. The fourth-order valence-corrected chi connectivity index (χ4v) is 6.89. The monoisotopic (exact) mass is 660 g/mol. The summed E-state index contributed by atoms with van der Waals surface area (Å²) in [7, 11) is -4.44. The summed E-state index contributed by atoms with van der Waals surface area (Å²) < 4.78 is 52.9. The summed E-state index contributed by atoms with van der Waals surface area (Å²) >= 11 is 7.58. The molecule has 3 heterocycles. The zero-order valence-electron chi connectivity index (χ0n) is 23.8. The molecule has 1 aliphatic heterocycles. The van der Waals surface area contributed by atoms with E-state index in [1.54, 1.807) is 26.0 Å². The van der Waals surface area contributed by atoms with E-state index in [-0.39, 0.29) is 5.75 Å². The molecule has 6 atom stereocenters. The first kappa shape index (κ1) is 33.0. The number of aromatic amines is 1. The number of carbonyl (C=O) groups excluding carboxylic acids is 1. The number of nitrogens with one attached hydrogen (secondary N) is 2. The van der Waals surface area contributed by atoms with Crippen LogP contribution in [0.4, 0.5) is 4.39 Å². The summed E-state index contributed by atoms with van der Waals surface area (Å²) in [6.45, 7) is 6.82. The van der Waals surface area contributed by atoms with Gasteiger partial charge in [0, 0.05) is 17.8 Å². The molecule has 0 bridgehead atoms. The lowest BCUT2D eigenvalue weighted by Crippen LogP contribution is -2.43. The highest BCUT2D eigenvalue weighted by atomic mass is 35.5. The van der Waals surface area contributed by atoms with Crippen LogP contribution >= 0.6 is 30.7 Å². The van der Waals surface area contributed by atoms with Gasteiger partial charge in [-0.2, -0.15) is 5.09 Å². The molecule has 0 aliphatic carbocycles. The van der Waals surface area contributed by atoms with Gasteiger partial charge in [0.05, 0.1) is 17.7 Å². The van der Waals surface area contributed by atoms with Crippen molar-refractivity contribution in [2.45, 2.75) is 70.9 Å². The van der Waals surface area contributed by atoms with E-state index in [0.717, 1.165) is 28.8 Å². The molecule has 0 saturated carbocycles. The average molecular weight is 661 g/mol. The lowest BCUT2D eigenvalue weighted by molar-refractivity contribution is -0.149. The zero-order valence-corrected chi connectivity index (χ0v) is 26.2. The van der Waals surface area contributed by atoms with Crippen LogP contribution in [0.5, 0.6) is 5.75 Å². The maximum atomic E-state index is 15.6. The van der Waals surface area contributed by atoms with Gasteiger partial charge in [-0.25, -0.2) is 18.7 Å². The van der Waals surface area contributed by atoms with Gasteiger partial charge in [-0.05, 0) is 58.9 Å². The van der Waals surface area contributed by atoms with Gasteiger partial charge in [0.25, 0.3) is 5.56 Å². The van der Waals surface area contributed by atoms with Crippen LogP contribution in [-0.4, -0.2) is 62.2 Å². The third kappa shape index (κ3) is 7.60. The third-order valence-corrected chi connectivity index (χ3v) is 9.15. The first-order valence-corrected chi connectivity index (χ1v) is 15.8. The predicted molar refractivity (Wildman–Crippen MR) is 156 cm³/mol. The van der Waals surface area contributed by atoms with Crippen molar-refractivity contribution in [3.8, 4) is 17.0 Å². The molecule has 0 radical (unpaired) electrons. The van der Waals surface area contributed by atoms with E-state index in [1.165, 1.54) is 30.4 Å². The standard InChI is InChI=1S/C26H31ClFN4O9PS/c1-13(2)39-23(35)14(3)31-42(37,41-17-8-6-16(7-9-17)20-22(27)43-15(4)29-20)38-12-18-21(34)26(5,28)24(40-18)32-11-10-19(33)30-25(32)36/h6-11,13-14,18,21,24,34H,12H2,1-5H3,(H,31,37)(H,30,33,36)/t14-,18?,21+,24+,26+,42?/m0/s1. The van der Waals surface area contributed by atoms with Crippen molar-refractivity contribution in [1.29, 1.82) is 0 Å².